The van der Waals surface area contributed by atoms with Gasteiger partial charge in [-0.05, 0) is 106 Å². The predicted octanol–water partition coefficient (Wildman–Crippen LogP) is 9.13. The molecule has 0 aliphatic carbocycles. The van der Waals surface area contributed by atoms with Crippen LogP contribution in [-0.4, -0.2) is 0 Å². The van der Waals surface area contributed by atoms with Crippen molar-refractivity contribution in [3.05, 3.63) is 150 Å². The van der Waals surface area contributed by atoms with Gasteiger partial charge in [0.15, 0.2) is 0 Å². The van der Waals surface area contributed by atoms with Gasteiger partial charge in [0.25, 0.3) is 0 Å². The van der Waals surface area contributed by atoms with Crippen molar-refractivity contribution in [2.24, 2.45) is 0 Å². The van der Waals surface area contributed by atoms with E-state index in [4.69, 9.17) is 0 Å². The molecule has 0 unspecified atom stereocenters. The van der Waals surface area contributed by atoms with Crippen molar-refractivity contribution in [2.75, 3.05) is 4.90 Å². The maximum Gasteiger partial charge on any atom is 0.0992 e. The fraction of sp³-hybridized carbons (Fsp3) is 0. The first kappa shape index (κ1) is 26.6. The Morgan fingerprint density at radius 2 is 0.744 bits per heavy atom. The molecule has 0 radical (unpaired) electrons. The summed E-state index contributed by atoms with van der Waals surface area (Å²) >= 11 is 0. The normalized spacial score (nSPS) is 10.2. The van der Waals surface area contributed by atoms with Crippen LogP contribution >= 0.6 is 0 Å². The molecule has 6 aromatic rings. The van der Waals surface area contributed by atoms with Crippen LogP contribution < -0.4 is 4.90 Å². The second kappa shape index (κ2) is 11.4. The molecule has 6 aromatic carbocycles. The lowest BCUT2D eigenvalue weighted by molar-refractivity contribution is 1.29. The first-order valence-corrected chi connectivity index (χ1v) is 13.5. The lowest BCUT2D eigenvalue weighted by Crippen LogP contribution is -2.09. The van der Waals surface area contributed by atoms with Gasteiger partial charge in [0.1, 0.15) is 0 Å². The Kier molecular flexibility index (Phi) is 7.07. The average Bonchev–Trinajstić information content (AvgIpc) is 3.08. The minimum absolute atomic E-state index is 0.443. The van der Waals surface area contributed by atoms with E-state index >= 15 is 0 Å². The molecule has 0 amide bonds. The lowest BCUT2D eigenvalue weighted by Gasteiger charge is -2.26. The third-order valence-corrected chi connectivity index (χ3v) is 7.29. The van der Waals surface area contributed by atoms with Gasteiger partial charge in [-0.1, -0.05) is 54.6 Å². The van der Waals surface area contributed by atoms with Crippen LogP contribution in [-0.2, 0) is 0 Å². The number of hydrogen-bond acceptors (Lipinski definition) is 5. The summed E-state index contributed by atoms with van der Waals surface area (Å²) in [6.07, 6.45) is 0. The second-order valence-electron chi connectivity index (χ2n) is 10.0. The van der Waals surface area contributed by atoms with E-state index in [1.165, 1.54) is 0 Å². The Morgan fingerprint density at radius 3 is 1.16 bits per heavy atom. The van der Waals surface area contributed by atoms with Crippen LogP contribution in [0.3, 0.4) is 0 Å². The molecule has 0 atom stereocenters. The van der Waals surface area contributed by atoms with Gasteiger partial charge in [-0.3, -0.25) is 0 Å². The maximum atomic E-state index is 9.42. The zero-order valence-corrected chi connectivity index (χ0v) is 22.9. The minimum atomic E-state index is 0.443. The van der Waals surface area contributed by atoms with Crippen LogP contribution in [0.1, 0.15) is 22.3 Å². The van der Waals surface area contributed by atoms with Gasteiger partial charge in [0.05, 0.1) is 46.5 Å². The fourth-order valence-corrected chi connectivity index (χ4v) is 5.22. The van der Waals surface area contributed by atoms with E-state index in [2.05, 4.69) is 59.5 Å². The molecule has 0 spiro atoms. The fourth-order valence-electron chi connectivity index (χ4n) is 5.22. The second-order valence-corrected chi connectivity index (χ2v) is 10.0. The van der Waals surface area contributed by atoms with E-state index in [1.54, 1.807) is 36.4 Å². The smallest absolute Gasteiger partial charge is 0.0992 e. The van der Waals surface area contributed by atoms with E-state index in [0.717, 1.165) is 50.1 Å². The van der Waals surface area contributed by atoms with Crippen LogP contribution in [0.5, 0.6) is 0 Å². The van der Waals surface area contributed by atoms with Crippen molar-refractivity contribution in [1.82, 2.24) is 0 Å². The summed E-state index contributed by atoms with van der Waals surface area (Å²) in [5.74, 6) is 0. The zero-order valence-electron chi connectivity index (χ0n) is 22.9. The summed E-state index contributed by atoms with van der Waals surface area (Å²) in [6, 6.07) is 49.5. The molecule has 0 aliphatic rings. The number of benzene rings is 6. The third-order valence-electron chi connectivity index (χ3n) is 7.29. The van der Waals surface area contributed by atoms with Crippen LogP contribution in [0.2, 0.25) is 0 Å². The highest BCUT2D eigenvalue weighted by Gasteiger charge is 2.15. The highest BCUT2D eigenvalue weighted by Crippen LogP contribution is 2.38. The molecule has 43 heavy (non-hydrogen) atoms. The van der Waals surface area contributed by atoms with Gasteiger partial charge in [0.2, 0.25) is 0 Å². The maximum absolute atomic E-state index is 9.42. The third kappa shape index (κ3) is 5.39. The topological polar surface area (TPSA) is 98.4 Å². The monoisotopic (exact) mass is 547 g/mol. The highest BCUT2D eigenvalue weighted by molar-refractivity contribution is 5.89. The van der Waals surface area contributed by atoms with E-state index < -0.39 is 0 Å². The minimum Gasteiger partial charge on any atom is -0.310 e. The predicted molar refractivity (Wildman–Crippen MR) is 168 cm³/mol. The molecule has 0 N–H and O–H groups in total. The molecule has 5 heteroatoms. The van der Waals surface area contributed by atoms with Crippen molar-refractivity contribution in [2.45, 2.75) is 0 Å². The summed E-state index contributed by atoms with van der Waals surface area (Å²) in [5.41, 5.74) is 8.03. The molecule has 0 aromatic heterocycles. The summed E-state index contributed by atoms with van der Waals surface area (Å²) in [5, 5.41) is 40.0. The molecule has 0 bridgehead atoms. The van der Waals surface area contributed by atoms with Gasteiger partial charge < -0.3 is 4.90 Å². The van der Waals surface area contributed by atoms with Crippen molar-refractivity contribution >= 4 is 27.8 Å². The van der Waals surface area contributed by atoms with E-state index in [9.17, 15) is 21.0 Å². The number of hydrogen-bond donors (Lipinski definition) is 0. The molecule has 0 heterocycles. The number of nitrogens with zero attached hydrogens (tertiary/aromatic N) is 5. The molecule has 5 nitrogen and oxygen atoms in total. The molecule has 0 saturated carbocycles. The van der Waals surface area contributed by atoms with Crippen molar-refractivity contribution in [3.63, 3.8) is 0 Å². The number of fused-ring (bicyclic) bond motifs is 1. The number of rotatable bonds is 5. The van der Waals surface area contributed by atoms with E-state index in [-0.39, 0.29) is 0 Å². The van der Waals surface area contributed by atoms with Crippen molar-refractivity contribution in [3.8, 4) is 46.5 Å². The van der Waals surface area contributed by atoms with Gasteiger partial charge in [-0.15, -0.1) is 0 Å². The zero-order chi connectivity index (χ0) is 29.8. The van der Waals surface area contributed by atoms with Crippen LogP contribution in [0, 0.1) is 45.3 Å². The largest absolute Gasteiger partial charge is 0.310 e. The Morgan fingerprint density at radius 1 is 0.349 bits per heavy atom. The molecule has 0 fully saturated rings. The summed E-state index contributed by atoms with van der Waals surface area (Å²) < 4.78 is 0. The van der Waals surface area contributed by atoms with Crippen molar-refractivity contribution in [1.29, 1.82) is 21.0 Å². The molecule has 0 saturated heterocycles. The summed E-state index contributed by atoms with van der Waals surface area (Å²) in [6.45, 7) is 0. The van der Waals surface area contributed by atoms with Gasteiger partial charge >= 0.3 is 0 Å². The molecular weight excluding hydrogens is 526 g/mol. The van der Waals surface area contributed by atoms with Gasteiger partial charge in [0, 0.05) is 17.1 Å². The Bertz CT molecular complexity index is 1980. The molecule has 198 valence electrons. The summed E-state index contributed by atoms with van der Waals surface area (Å²) in [4.78, 5) is 2.17. The first-order valence-electron chi connectivity index (χ1n) is 13.5. The lowest BCUT2D eigenvalue weighted by atomic mass is 9.99. The van der Waals surface area contributed by atoms with Crippen LogP contribution in [0.4, 0.5) is 17.1 Å². The number of nitriles is 4. The van der Waals surface area contributed by atoms with E-state index in [0.29, 0.717) is 22.3 Å². The number of anilines is 3. The van der Waals surface area contributed by atoms with Crippen LogP contribution in [0.15, 0.2) is 127 Å². The highest BCUT2D eigenvalue weighted by atomic mass is 15.1. The van der Waals surface area contributed by atoms with Crippen LogP contribution in [0.25, 0.3) is 33.0 Å². The molecule has 6 rings (SSSR count). The standard InChI is InChI=1S/C38H21N5/c39-22-26-15-27(23-40)18-34(17-26)31-5-10-36(11-6-31)43(38-14-9-30-3-1-2-4-33(30)21-38)37-12-7-32(8-13-37)35-19-28(24-41)16-29(20-35)25-42/h1-21H. The van der Waals surface area contributed by atoms with Crippen molar-refractivity contribution < 1.29 is 0 Å². The van der Waals surface area contributed by atoms with Gasteiger partial charge in [-0.25, -0.2) is 0 Å². The SMILES string of the molecule is N#Cc1cc(C#N)cc(-c2ccc(N(c3ccc(-c4cc(C#N)cc(C#N)c4)cc3)c3ccc4ccccc4c3)cc2)c1. The quantitative estimate of drug-likeness (QED) is 0.214. The average molecular weight is 548 g/mol. The van der Waals surface area contributed by atoms with E-state index in [1.807, 2.05) is 60.7 Å². The summed E-state index contributed by atoms with van der Waals surface area (Å²) in [7, 11) is 0. The molecule has 0 aliphatic heterocycles. The Labute approximate surface area is 249 Å². The first-order chi connectivity index (χ1) is 21.1. The van der Waals surface area contributed by atoms with Gasteiger partial charge in [-0.2, -0.15) is 21.0 Å². The Hall–Kier alpha value is -6.66. The molecular formula is C38H21N5. The Balaban J connectivity index is 1.43.